The molecule has 4 heteroatoms. The van der Waals surface area contributed by atoms with Gasteiger partial charge in [-0.25, -0.2) is 0 Å². The number of nitrogens with zero attached hydrogens (tertiary/aromatic N) is 2. The molecule has 3 aliphatic heterocycles. The molecular weight excluding hydrogens is 250 g/mol. The molecule has 0 radical (unpaired) electrons. The molecule has 0 aromatic carbocycles. The van der Waals surface area contributed by atoms with Crippen LogP contribution in [0.25, 0.3) is 0 Å². The quantitative estimate of drug-likeness (QED) is 0.837. The van der Waals surface area contributed by atoms with Crippen molar-refractivity contribution in [1.82, 2.24) is 15.1 Å². The molecule has 2 unspecified atom stereocenters. The molecule has 3 aliphatic rings. The molecule has 3 fully saturated rings. The van der Waals surface area contributed by atoms with Crippen molar-refractivity contribution in [3.8, 4) is 0 Å². The predicted molar refractivity (Wildman–Crippen MR) is 82.1 cm³/mol. The Kier molecular flexibility index (Phi) is 4.97. The third-order valence-corrected chi connectivity index (χ3v) is 5.40. The van der Waals surface area contributed by atoms with Gasteiger partial charge in [-0.2, -0.15) is 0 Å². The van der Waals surface area contributed by atoms with Crippen molar-refractivity contribution in [3.63, 3.8) is 0 Å². The minimum absolute atomic E-state index is 0.348. The Hall–Kier alpha value is -0.160. The van der Waals surface area contributed by atoms with Gasteiger partial charge < -0.3 is 15.0 Å². The van der Waals surface area contributed by atoms with Gasteiger partial charge in [0.05, 0.1) is 6.61 Å². The fourth-order valence-electron chi connectivity index (χ4n) is 4.51. The first-order valence-corrected chi connectivity index (χ1v) is 8.50. The average Bonchev–Trinajstić information content (AvgIpc) is 2.79. The summed E-state index contributed by atoms with van der Waals surface area (Å²) in [5.74, 6) is 0. The van der Waals surface area contributed by atoms with Crippen LogP contribution in [0.1, 0.15) is 32.1 Å². The third-order valence-electron chi connectivity index (χ3n) is 5.40. The number of rotatable bonds is 4. The summed E-state index contributed by atoms with van der Waals surface area (Å²) in [5.41, 5.74) is 0.348. The van der Waals surface area contributed by atoms with E-state index in [4.69, 9.17) is 4.74 Å². The predicted octanol–water partition coefficient (Wildman–Crippen LogP) is 1.17. The Morgan fingerprint density at radius 2 is 2.10 bits per heavy atom. The largest absolute Gasteiger partial charge is 0.381 e. The van der Waals surface area contributed by atoms with Crippen LogP contribution in [0, 0.1) is 5.41 Å². The normalized spacial score (nSPS) is 36.8. The Balaban J connectivity index is 1.61. The van der Waals surface area contributed by atoms with E-state index < -0.39 is 0 Å². The van der Waals surface area contributed by atoms with Crippen LogP contribution >= 0.6 is 0 Å². The molecule has 2 atom stereocenters. The second-order valence-electron chi connectivity index (χ2n) is 7.11. The van der Waals surface area contributed by atoms with Gasteiger partial charge in [0.15, 0.2) is 0 Å². The number of ether oxygens (including phenoxy) is 1. The first-order chi connectivity index (χ1) is 9.81. The topological polar surface area (TPSA) is 27.7 Å². The zero-order valence-corrected chi connectivity index (χ0v) is 13.1. The molecule has 0 saturated carbocycles. The van der Waals surface area contributed by atoms with Gasteiger partial charge in [-0.3, -0.25) is 4.90 Å². The van der Waals surface area contributed by atoms with Gasteiger partial charge in [-0.15, -0.1) is 0 Å². The van der Waals surface area contributed by atoms with Crippen LogP contribution in [0.3, 0.4) is 0 Å². The molecule has 4 nitrogen and oxygen atoms in total. The SMILES string of the molecule is CNCC1(CN2CCCN3CCCC3C2)CCCOC1. The molecule has 0 spiro atoms. The molecule has 116 valence electrons. The Bertz CT molecular complexity index is 299. The van der Waals surface area contributed by atoms with E-state index in [1.807, 2.05) is 0 Å². The zero-order chi connectivity index (χ0) is 13.8. The maximum absolute atomic E-state index is 5.82. The first kappa shape index (κ1) is 14.8. The van der Waals surface area contributed by atoms with E-state index >= 15 is 0 Å². The summed E-state index contributed by atoms with van der Waals surface area (Å²) in [5, 5.41) is 3.41. The number of fused-ring (bicyclic) bond motifs is 1. The van der Waals surface area contributed by atoms with Crippen LogP contribution in [-0.4, -0.2) is 75.4 Å². The molecule has 3 saturated heterocycles. The van der Waals surface area contributed by atoms with Gasteiger partial charge in [0, 0.05) is 37.7 Å². The van der Waals surface area contributed by atoms with Crippen molar-refractivity contribution in [2.75, 3.05) is 59.5 Å². The highest BCUT2D eigenvalue weighted by molar-refractivity contribution is 4.91. The lowest BCUT2D eigenvalue weighted by molar-refractivity contribution is -0.0260. The molecule has 0 aliphatic carbocycles. The summed E-state index contributed by atoms with van der Waals surface area (Å²) in [6.07, 6.45) is 6.70. The van der Waals surface area contributed by atoms with E-state index in [0.29, 0.717) is 5.41 Å². The lowest BCUT2D eigenvalue weighted by atomic mass is 9.81. The van der Waals surface area contributed by atoms with Crippen LogP contribution in [0.15, 0.2) is 0 Å². The second-order valence-corrected chi connectivity index (χ2v) is 7.11. The lowest BCUT2D eigenvalue weighted by Crippen LogP contribution is -2.50. The molecule has 0 amide bonds. The minimum Gasteiger partial charge on any atom is -0.381 e. The van der Waals surface area contributed by atoms with Gasteiger partial charge in [0.2, 0.25) is 0 Å². The standard InChI is InChI=1S/C16H31N3O/c1-17-12-16(6-3-10-20-14-16)13-18-7-4-9-19-8-2-5-15(19)11-18/h15,17H,2-14H2,1H3. The van der Waals surface area contributed by atoms with Crippen molar-refractivity contribution in [3.05, 3.63) is 0 Å². The molecule has 1 N–H and O–H groups in total. The van der Waals surface area contributed by atoms with E-state index in [1.165, 1.54) is 64.8 Å². The second kappa shape index (κ2) is 6.73. The molecular formula is C16H31N3O. The van der Waals surface area contributed by atoms with Crippen molar-refractivity contribution in [2.24, 2.45) is 5.41 Å². The Morgan fingerprint density at radius 1 is 1.20 bits per heavy atom. The maximum Gasteiger partial charge on any atom is 0.0546 e. The average molecular weight is 281 g/mol. The third kappa shape index (κ3) is 3.35. The van der Waals surface area contributed by atoms with E-state index in [0.717, 1.165) is 25.8 Å². The van der Waals surface area contributed by atoms with Crippen LogP contribution in [0.2, 0.25) is 0 Å². The summed E-state index contributed by atoms with van der Waals surface area (Å²) < 4.78 is 5.82. The van der Waals surface area contributed by atoms with Crippen LogP contribution < -0.4 is 5.32 Å². The van der Waals surface area contributed by atoms with Crippen molar-refractivity contribution in [1.29, 1.82) is 0 Å². The summed E-state index contributed by atoms with van der Waals surface area (Å²) in [6, 6.07) is 0.827. The summed E-state index contributed by atoms with van der Waals surface area (Å²) in [4.78, 5) is 5.46. The maximum atomic E-state index is 5.82. The smallest absolute Gasteiger partial charge is 0.0546 e. The minimum atomic E-state index is 0.348. The Morgan fingerprint density at radius 3 is 2.90 bits per heavy atom. The van der Waals surface area contributed by atoms with Crippen molar-refractivity contribution in [2.45, 2.75) is 38.1 Å². The Labute approximate surface area is 123 Å². The highest BCUT2D eigenvalue weighted by Crippen LogP contribution is 2.31. The molecule has 20 heavy (non-hydrogen) atoms. The molecule has 0 bridgehead atoms. The van der Waals surface area contributed by atoms with Crippen molar-refractivity contribution < 1.29 is 4.74 Å². The van der Waals surface area contributed by atoms with Gasteiger partial charge in [-0.1, -0.05) is 0 Å². The zero-order valence-electron chi connectivity index (χ0n) is 13.1. The fourth-order valence-corrected chi connectivity index (χ4v) is 4.51. The fraction of sp³-hybridized carbons (Fsp3) is 1.00. The van der Waals surface area contributed by atoms with Gasteiger partial charge >= 0.3 is 0 Å². The van der Waals surface area contributed by atoms with E-state index in [1.54, 1.807) is 0 Å². The number of hydrogen-bond donors (Lipinski definition) is 1. The van der Waals surface area contributed by atoms with Crippen LogP contribution in [0.5, 0.6) is 0 Å². The summed E-state index contributed by atoms with van der Waals surface area (Å²) in [6.45, 7) is 9.43. The summed E-state index contributed by atoms with van der Waals surface area (Å²) in [7, 11) is 2.08. The van der Waals surface area contributed by atoms with E-state index in [-0.39, 0.29) is 0 Å². The van der Waals surface area contributed by atoms with E-state index in [2.05, 4.69) is 22.2 Å². The first-order valence-electron chi connectivity index (χ1n) is 8.50. The number of hydrogen-bond acceptors (Lipinski definition) is 4. The molecule has 3 rings (SSSR count). The summed E-state index contributed by atoms with van der Waals surface area (Å²) >= 11 is 0. The monoisotopic (exact) mass is 281 g/mol. The van der Waals surface area contributed by atoms with Gasteiger partial charge in [0.1, 0.15) is 0 Å². The van der Waals surface area contributed by atoms with Gasteiger partial charge in [0.25, 0.3) is 0 Å². The molecule has 3 heterocycles. The van der Waals surface area contributed by atoms with Crippen molar-refractivity contribution >= 4 is 0 Å². The highest BCUT2D eigenvalue weighted by atomic mass is 16.5. The van der Waals surface area contributed by atoms with Gasteiger partial charge in [-0.05, 0) is 58.8 Å². The van der Waals surface area contributed by atoms with Crippen LogP contribution in [0.4, 0.5) is 0 Å². The molecule has 0 aromatic rings. The molecule has 0 aromatic heterocycles. The van der Waals surface area contributed by atoms with Crippen LogP contribution in [-0.2, 0) is 4.74 Å². The highest BCUT2D eigenvalue weighted by Gasteiger charge is 2.36. The van der Waals surface area contributed by atoms with E-state index in [9.17, 15) is 0 Å². The number of nitrogens with one attached hydrogen (secondary N) is 1. The lowest BCUT2D eigenvalue weighted by Gasteiger charge is -2.41.